The number of hydrogen-bond donors (Lipinski definition) is 0. The van der Waals surface area contributed by atoms with Gasteiger partial charge in [-0.05, 0) is 39.9 Å². The van der Waals surface area contributed by atoms with Gasteiger partial charge in [0.25, 0.3) is 0 Å². The summed E-state index contributed by atoms with van der Waals surface area (Å²) in [5.41, 5.74) is 6.37. The molecule has 0 bridgehead atoms. The number of fused-ring (bicyclic) bond motifs is 6. The van der Waals surface area contributed by atoms with E-state index in [4.69, 9.17) is 4.74 Å². The molecule has 0 saturated heterocycles. The summed E-state index contributed by atoms with van der Waals surface area (Å²) >= 11 is 0. The molecular weight excluding hydrogens is 352 g/mol. The van der Waals surface area contributed by atoms with E-state index in [2.05, 4.69) is 98.8 Å². The summed E-state index contributed by atoms with van der Waals surface area (Å²) in [6.45, 7) is 4.76. The first-order valence-corrected chi connectivity index (χ1v) is 10.5. The predicted molar refractivity (Wildman–Crippen MR) is 117 cm³/mol. The van der Waals surface area contributed by atoms with Crippen LogP contribution in [-0.2, 0) is 11.0 Å². The van der Waals surface area contributed by atoms with Crippen molar-refractivity contribution in [1.29, 1.82) is 0 Å². The lowest BCUT2D eigenvalue weighted by Crippen LogP contribution is -2.70. The molecule has 0 unspecified atom stereocenters. The minimum atomic E-state index is -0.364. The lowest BCUT2D eigenvalue weighted by molar-refractivity contribution is -0.174. The Kier molecular flexibility index (Phi) is 2.58. The SMILES string of the molecule is CC1(C)C[C@@]23c4ccccc4-c4ccccc4[C@@]12Oc1ccc2ccccc2c13. The molecule has 4 aromatic rings. The van der Waals surface area contributed by atoms with Crippen molar-refractivity contribution in [3.63, 3.8) is 0 Å². The molecule has 1 aliphatic heterocycles. The van der Waals surface area contributed by atoms with Crippen molar-refractivity contribution in [2.45, 2.75) is 31.3 Å². The van der Waals surface area contributed by atoms with E-state index in [1.807, 2.05) is 0 Å². The van der Waals surface area contributed by atoms with E-state index >= 15 is 0 Å². The van der Waals surface area contributed by atoms with Gasteiger partial charge in [0.15, 0.2) is 5.60 Å². The topological polar surface area (TPSA) is 9.23 Å². The largest absolute Gasteiger partial charge is 0.480 e. The summed E-state index contributed by atoms with van der Waals surface area (Å²) in [6.07, 6.45) is 1.09. The summed E-state index contributed by atoms with van der Waals surface area (Å²) in [5.74, 6) is 1.06. The van der Waals surface area contributed by atoms with E-state index < -0.39 is 0 Å². The van der Waals surface area contributed by atoms with Crippen molar-refractivity contribution < 1.29 is 4.74 Å². The highest BCUT2D eigenvalue weighted by Crippen LogP contribution is 2.79. The van der Waals surface area contributed by atoms with Crippen LogP contribution in [0.25, 0.3) is 21.9 Å². The lowest BCUT2D eigenvalue weighted by Gasteiger charge is -2.67. The Balaban J connectivity index is 1.71. The van der Waals surface area contributed by atoms with Crippen LogP contribution in [0, 0.1) is 5.41 Å². The summed E-state index contributed by atoms with van der Waals surface area (Å²) in [4.78, 5) is 0. The molecule has 0 N–H and O–H groups in total. The number of benzene rings is 4. The van der Waals surface area contributed by atoms with Crippen molar-refractivity contribution >= 4 is 10.8 Å². The third-order valence-corrected chi connectivity index (χ3v) is 7.83. The molecule has 2 atom stereocenters. The Morgan fingerprint density at radius 3 is 2.14 bits per heavy atom. The highest BCUT2D eigenvalue weighted by Gasteiger charge is 2.79. The fourth-order valence-electron chi connectivity index (χ4n) is 7.00. The molecule has 3 aliphatic rings. The zero-order chi connectivity index (χ0) is 19.4. The number of rotatable bonds is 0. The van der Waals surface area contributed by atoms with Crippen LogP contribution in [0.2, 0.25) is 0 Å². The summed E-state index contributed by atoms with van der Waals surface area (Å²) in [7, 11) is 0. The first-order valence-electron chi connectivity index (χ1n) is 10.5. The second-order valence-electron chi connectivity index (χ2n) is 9.50. The minimum Gasteiger partial charge on any atom is -0.480 e. The van der Waals surface area contributed by atoms with Crippen LogP contribution in [0.4, 0.5) is 0 Å². The van der Waals surface area contributed by atoms with Crippen LogP contribution >= 0.6 is 0 Å². The molecule has 7 rings (SSSR count). The Hall–Kier alpha value is -3.06. The molecule has 4 aromatic carbocycles. The van der Waals surface area contributed by atoms with Gasteiger partial charge >= 0.3 is 0 Å². The van der Waals surface area contributed by atoms with Crippen molar-refractivity contribution in [2.24, 2.45) is 5.41 Å². The fourth-order valence-corrected chi connectivity index (χ4v) is 7.00. The predicted octanol–water partition coefficient (Wildman–Crippen LogP) is 6.82. The first-order chi connectivity index (χ1) is 14.1. The van der Waals surface area contributed by atoms with E-state index in [1.165, 1.54) is 38.6 Å². The van der Waals surface area contributed by atoms with Crippen LogP contribution in [0.1, 0.15) is 37.0 Å². The Labute approximate surface area is 171 Å². The molecule has 1 heterocycles. The molecule has 140 valence electrons. The fraction of sp³-hybridized carbons (Fsp3) is 0.214. The van der Waals surface area contributed by atoms with Gasteiger partial charge in [-0.2, -0.15) is 0 Å². The van der Waals surface area contributed by atoms with Crippen LogP contribution in [-0.4, -0.2) is 0 Å². The summed E-state index contributed by atoms with van der Waals surface area (Å²) in [5, 5.41) is 2.62. The van der Waals surface area contributed by atoms with Crippen LogP contribution < -0.4 is 4.74 Å². The first kappa shape index (κ1) is 15.8. The van der Waals surface area contributed by atoms with Crippen molar-refractivity contribution in [3.8, 4) is 16.9 Å². The summed E-state index contributed by atoms with van der Waals surface area (Å²) < 4.78 is 7.09. The summed E-state index contributed by atoms with van der Waals surface area (Å²) in [6, 6.07) is 31.1. The molecule has 0 aromatic heterocycles. The second kappa shape index (κ2) is 4.74. The Morgan fingerprint density at radius 1 is 0.690 bits per heavy atom. The smallest absolute Gasteiger partial charge is 0.153 e. The zero-order valence-corrected chi connectivity index (χ0v) is 16.7. The number of hydrogen-bond acceptors (Lipinski definition) is 1. The molecule has 0 spiro atoms. The average Bonchev–Trinajstić information content (AvgIpc) is 3.03. The normalized spacial score (nSPS) is 27.0. The third kappa shape index (κ3) is 1.49. The standard InChI is InChI=1S/C28H22O/c1-26(2)17-27-22-13-7-5-11-20(22)21-12-6-8-14-23(21)28(26,27)29-24-16-15-18-9-3-4-10-19(18)25(24)27/h3-16H,17H2,1-2H3/t27-,28+/m0/s1. The molecule has 1 fully saturated rings. The van der Waals surface area contributed by atoms with Gasteiger partial charge in [-0.3, -0.25) is 0 Å². The van der Waals surface area contributed by atoms with Gasteiger partial charge < -0.3 is 4.74 Å². The van der Waals surface area contributed by atoms with Crippen LogP contribution in [0.15, 0.2) is 84.9 Å². The van der Waals surface area contributed by atoms with E-state index in [9.17, 15) is 0 Å². The van der Waals surface area contributed by atoms with E-state index in [0.717, 1.165) is 12.2 Å². The highest BCUT2D eigenvalue weighted by atomic mass is 16.5. The molecule has 1 saturated carbocycles. The molecule has 2 aliphatic carbocycles. The van der Waals surface area contributed by atoms with Crippen molar-refractivity contribution in [3.05, 3.63) is 102 Å². The van der Waals surface area contributed by atoms with Gasteiger partial charge in [0, 0.05) is 16.5 Å². The molecular formula is C28H22O. The Morgan fingerprint density at radius 2 is 1.34 bits per heavy atom. The maximum absolute atomic E-state index is 7.09. The van der Waals surface area contributed by atoms with Gasteiger partial charge in [0.1, 0.15) is 5.75 Å². The molecule has 0 amide bonds. The van der Waals surface area contributed by atoms with Crippen LogP contribution in [0.3, 0.4) is 0 Å². The van der Waals surface area contributed by atoms with Crippen molar-refractivity contribution in [2.75, 3.05) is 0 Å². The van der Waals surface area contributed by atoms with E-state index in [0.29, 0.717) is 0 Å². The average molecular weight is 374 g/mol. The number of ether oxygens (including phenoxy) is 1. The highest BCUT2D eigenvalue weighted by molar-refractivity contribution is 5.94. The van der Waals surface area contributed by atoms with E-state index in [-0.39, 0.29) is 16.4 Å². The van der Waals surface area contributed by atoms with E-state index in [1.54, 1.807) is 0 Å². The van der Waals surface area contributed by atoms with Crippen molar-refractivity contribution in [1.82, 2.24) is 0 Å². The minimum absolute atomic E-state index is 0.0385. The van der Waals surface area contributed by atoms with Gasteiger partial charge in [-0.15, -0.1) is 0 Å². The maximum atomic E-state index is 7.09. The monoisotopic (exact) mass is 374 g/mol. The van der Waals surface area contributed by atoms with Crippen LogP contribution in [0.5, 0.6) is 5.75 Å². The van der Waals surface area contributed by atoms with Gasteiger partial charge in [0.2, 0.25) is 0 Å². The molecule has 1 nitrogen and oxygen atoms in total. The lowest BCUT2D eigenvalue weighted by atomic mass is 9.36. The molecule has 0 radical (unpaired) electrons. The second-order valence-corrected chi connectivity index (χ2v) is 9.50. The zero-order valence-electron chi connectivity index (χ0n) is 16.7. The Bertz CT molecular complexity index is 1350. The van der Waals surface area contributed by atoms with Gasteiger partial charge in [0.05, 0.1) is 5.41 Å². The maximum Gasteiger partial charge on any atom is 0.153 e. The van der Waals surface area contributed by atoms with Gasteiger partial charge in [-0.25, -0.2) is 0 Å². The molecule has 1 heteroatoms. The quantitative estimate of drug-likeness (QED) is 0.328. The molecule has 29 heavy (non-hydrogen) atoms. The third-order valence-electron chi connectivity index (χ3n) is 7.83. The van der Waals surface area contributed by atoms with Gasteiger partial charge in [-0.1, -0.05) is 92.7 Å².